The molecule has 5 heteroatoms. The Balaban J connectivity index is 2.08. The Bertz CT molecular complexity index is 692. The van der Waals surface area contributed by atoms with Crippen LogP contribution in [0.3, 0.4) is 0 Å². The van der Waals surface area contributed by atoms with Crippen molar-refractivity contribution in [3.8, 4) is 0 Å². The molecule has 0 radical (unpaired) electrons. The number of nitrogens with one attached hydrogen (secondary N) is 1. The third-order valence-corrected chi connectivity index (χ3v) is 4.03. The zero-order chi connectivity index (χ0) is 18.1. The summed E-state index contributed by atoms with van der Waals surface area (Å²) in [5.41, 5.74) is 8.68. The van der Waals surface area contributed by atoms with E-state index in [9.17, 15) is 4.79 Å². The van der Waals surface area contributed by atoms with E-state index in [1.807, 2.05) is 68.6 Å². The minimum absolute atomic E-state index is 0.00793. The highest BCUT2D eigenvalue weighted by molar-refractivity contribution is 5.76. The molecule has 2 aromatic rings. The monoisotopic (exact) mass is 341 g/mol. The molecule has 1 atom stereocenters. The Hall–Kier alpha value is -2.37. The van der Waals surface area contributed by atoms with Gasteiger partial charge < -0.3 is 20.4 Å². The van der Waals surface area contributed by atoms with Gasteiger partial charge in [-0.2, -0.15) is 0 Å². The van der Waals surface area contributed by atoms with Gasteiger partial charge in [0.05, 0.1) is 19.3 Å². The second-order valence-corrected chi connectivity index (χ2v) is 5.85. The van der Waals surface area contributed by atoms with Crippen LogP contribution in [0.15, 0.2) is 48.5 Å². The predicted molar refractivity (Wildman–Crippen MR) is 101 cm³/mol. The average Bonchev–Trinajstić information content (AvgIpc) is 3.00. The van der Waals surface area contributed by atoms with Crippen molar-refractivity contribution in [2.75, 3.05) is 13.2 Å². The Morgan fingerprint density at radius 2 is 2.04 bits per heavy atom. The van der Waals surface area contributed by atoms with E-state index in [2.05, 4.69) is 9.88 Å². The number of hydrogen-bond donors (Lipinski definition) is 2. The van der Waals surface area contributed by atoms with Crippen LogP contribution < -0.4 is 11.1 Å². The lowest BCUT2D eigenvalue weighted by atomic mass is 10.2. The van der Waals surface area contributed by atoms with Crippen LogP contribution in [-0.4, -0.2) is 23.6 Å². The molecule has 1 amide bonds. The molecule has 0 spiro atoms. The van der Waals surface area contributed by atoms with Gasteiger partial charge in [0.25, 0.3) is 0 Å². The quantitative estimate of drug-likeness (QED) is 0.737. The predicted octanol–water partition coefficient (Wildman–Crippen LogP) is 2.78. The van der Waals surface area contributed by atoms with Gasteiger partial charge in [0, 0.05) is 31.4 Å². The van der Waals surface area contributed by atoms with E-state index in [4.69, 9.17) is 10.5 Å². The van der Waals surface area contributed by atoms with Crippen molar-refractivity contribution in [1.29, 1.82) is 0 Å². The summed E-state index contributed by atoms with van der Waals surface area (Å²) < 4.78 is 7.92. The molecule has 1 unspecified atom stereocenters. The smallest absolute Gasteiger partial charge is 0.220 e. The topological polar surface area (TPSA) is 69.3 Å². The molecule has 0 aliphatic heterocycles. The molecule has 1 heterocycles. The molecule has 5 nitrogen and oxygen atoms in total. The molecular weight excluding hydrogens is 314 g/mol. The lowest BCUT2D eigenvalue weighted by Crippen LogP contribution is -2.32. The van der Waals surface area contributed by atoms with E-state index in [1.54, 1.807) is 0 Å². The van der Waals surface area contributed by atoms with Gasteiger partial charge in [0.2, 0.25) is 5.91 Å². The van der Waals surface area contributed by atoms with Crippen LogP contribution in [0.4, 0.5) is 0 Å². The first kappa shape index (κ1) is 19.0. The molecule has 3 N–H and O–H groups in total. The molecule has 1 aromatic carbocycles. The summed E-state index contributed by atoms with van der Waals surface area (Å²) in [5, 5.41) is 3.05. The second-order valence-electron chi connectivity index (χ2n) is 5.85. The summed E-state index contributed by atoms with van der Waals surface area (Å²) in [7, 11) is 1.98. The normalized spacial score (nSPS) is 12.4. The number of carbonyl (C=O) groups is 1. The van der Waals surface area contributed by atoms with Crippen molar-refractivity contribution in [3.05, 3.63) is 65.5 Å². The highest BCUT2D eigenvalue weighted by atomic mass is 16.5. The maximum Gasteiger partial charge on any atom is 0.220 e. The lowest BCUT2D eigenvalue weighted by molar-refractivity contribution is -0.122. The largest absolute Gasteiger partial charge is 0.374 e. The Labute approximate surface area is 149 Å². The first-order chi connectivity index (χ1) is 12.2. The van der Waals surface area contributed by atoms with E-state index in [1.165, 1.54) is 0 Å². The van der Waals surface area contributed by atoms with E-state index in [-0.39, 0.29) is 11.9 Å². The van der Waals surface area contributed by atoms with Crippen molar-refractivity contribution >= 4 is 12.0 Å². The van der Waals surface area contributed by atoms with Crippen molar-refractivity contribution < 1.29 is 9.53 Å². The average molecular weight is 341 g/mol. The summed E-state index contributed by atoms with van der Waals surface area (Å²) in [6, 6.07) is 13.8. The second kappa shape index (κ2) is 9.81. The van der Waals surface area contributed by atoms with Crippen LogP contribution in [0, 0.1) is 0 Å². The van der Waals surface area contributed by atoms with Crippen LogP contribution in [-0.2, 0) is 23.2 Å². The fraction of sp³-hybridized carbons (Fsp3) is 0.350. The Kier molecular flexibility index (Phi) is 7.44. The number of amides is 1. The molecule has 0 aliphatic rings. The molecule has 0 aliphatic carbocycles. The zero-order valence-electron chi connectivity index (χ0n) is 14.9. The van der Waals surface area contributed by atoms with Crippen LogP contribution in [0.2, 0.25) is 0 Å². The van der Waals surface area contributed by atoms with Gasteiger partial charge in [-0.05, 0) is 23.8 Å². The van der Waals surface area contributed by atoms with Gasteiger partial charge in [-0.3, -0.25) is 4.79 Å². The fourth-order valence-electron chi connectivity index (χ4n) is 2.62. The van der Waals surface area contributed by atoms with E-state index in [0.29, 0.717) is 26.2 Å². The number of ether oxygens (including phenoxy) is 1. The first-order valence-corrected chi connectivity index (χ1v) is 8.59. The minimum atomic E-state index is -0.193. The SMILES string of the molecule is CCC(=O)NC(COCc1ccccc1)c1ccc(/C=C\CN)n1C. The molecule has 134 valence electrons. The van der Waals surface area contributed by atoms with Gasteiger partial charge in [0.15, 0.2) is 0 Å². The molecule has 25 heavy (non-hydrogen) atoms. The molecular formula is C20H27N3O2. The van der Waals surface area contributed by atoms with Gasteiger partial charge >= 0.3 is 0 Å². The van der Waals surface area contributed by atoms with Crippen molar-refractivity contribution in [1.82, 2.24) is 9.88 Å². The third-order valence-electron chi connectivity index (χ3n) is 4.03. The number of rotatable bonds is 9. The summed E-state index contributed by atoms with van der Waals surface area (Å²) in [6.45, 7) is 3.27. The van der Waals surface area contributed by atoms with Crippen LogP contribution in [0.5, 0.6) is 0 Å². The molecule has 0 fully saturated rings. The van der Waals surface area contributed by atoms with E-state index < -0.39 is 0 Å². The number of carbonyl (C=O) groups excluding carboxylic acids is 1. The minimum Gasteiger partial charge on any atom is -0.374 e. The van der Waals surface area contributed by atoms with Gasteiger partial charge in [-0.15, -0.1) is 0 Å². The number of aromatic nitrogens is 1. The van der Waals surface area contributed by atoms with E-state index in [0.717, 1.165) is 17.0 Å². The lowest BCUT2D eigenvalue weighted by Gasteiger charge is -2.20. The van der Waals surface area contributed by atoms with Gasteiger partial charge in [0.1, 0.15) is 0 Å². The summed E-state index contributed by atoms with van der Waals surface area (Å²) in [5.74, 6) is 0.00793. The molecule has 0 saturated carbocycles. The summed E-state index contributed by atoms with van der Waals surface area (Å²) >= 11 is 0. The van der Waals surface area contributed by atoms with E-state index >= 15 is 0 Å². The maximum atomic E-state index is 11.9. The molecule has 1 aromatic heterocycles. The maximum absolute atomic E-state index is 11.9. The van der Waals surface area contributed by atoms with Crippen LogP contribution >= 0.6 is 0 Å². The van der Waals surface area contributed by atoms with Gasteiger partial charge in [-0.25, -0.2) is 0 Å². The highest BCUT2D eigenvalue weighted by Gasteiger charge is 2.18. The third kappa shape index (κ3) is 5.59. The fourth-order valence-corrected chi connectivity index (χ4v) is 2.62. The van der Waals surface area contributed by atoms with Crippen molar-refractivity contribution in [3.63, 3.8) is 0 Å². The molecule has 0 saturated heterocycles. The molecule has 0 bridgehead atoms. The Morgan fingerprint density at radius 3 is 2.72 bits per heavy atom. The summed E-state index contributed by atoms with van der Waals surface area (Å²) in [4.78, 5) is 11.9. The van der Waals surface area contributed by atoms with Crippen LogP contribution in [0.25, 0.3) is 6.08 Å². The van der Waals surface area contributed by atoms with Crippen molar-refractivity contribution in [2.24, 2.45) is 12.8 Å². The summed E-state index contributed by atoms with van der Waals surface area (Å²) in [6.07, 6.45) is 4.33. The van der Waals surface area contributed by atoms with Crippen LogP contribution in [0.1, 0.15) is 36.3 Å². The van der Waals surface area contributed by atoms with Gasteiger partial charge in [-0.1, -0.05) is 43.3 Å². The standard InChI is InChI=1S/C20H27N3O2/c1-3-20(24)22-18(15-25-14-16-8-5-4-6-9-16)19-12-11-17(23(19)2)10-7-13-21/h4-12,18H,3,13-15,21H2,1-2H3,(H,22,24)/b10-7-. The Morgan fingerprint density at radius 1 is 1.28 bits per heavy atom. The first-order valence-electron chi connectivity index (χ1n) is 8.59. The van der Waals surface area contributed by atoms with Crippen molar-refractivity contribution in [2.45, 2.75) is 26.0 Å². The number of nitrogens with two attached hydrogens (primary N) is 1. The highest BCUT2D eigenvalue weighted by Crippen LogP contribution is 2.18. The molecule has 2 rings (SSSR count). The number of hydrogen-bond acceptors (Lipinski definition) is 3. The zero-order valence-corrected chi connectivity index (χ0v) is 14.9. The number of nitrogens with zero attached hydrogens (tertiary/aromatic N) is 1. The number of benzene rings is 1.